The number of quaternary nitrogens is 1. The molecule has 2 aromatic carbocycles. The number of methoxy groups -OCH3 is 1. The summed E-state index contributed by atoms with van der Waals surface area (Å²) in [7, 11) is 1.66. The minimum absolute atomic E-state index is 0.0820. The third-order valence-electron chi connectivity index (χ3n) is 4.00. The molecule has 0 saturated heterocycles. The summed E-state index contributed by atoms with van der Waals surface area (Å²) in [6.45, 7) is 6.25. The van der Waals surface area contributed by atoms with Crippen LogP contribution in [0.3, 0.4) is 0 Å². The van der Waals surface area contributed by atoms with Crippen molar-refractivity contribution in [2.75, 3.05) is 7.11 Å². The molecule has 22 heavy (non-hydrogen) atoms. The highest BCUT2D eigenvalue weighted by Gasteiger charge is 2.30. The minimum Gasteiger partial charge on any atom is -0.497 e. The van der Waals surface area contributed by atoms with Crippen LogP contribution in [0.4, 0.5) is 0 Å². The Balaban J connectivity index is 2.28. The normalized spacial score (nSPS) is 13.7. The van der Waals surface area contributed by atoms with Crippen LogP contribution in [0.15, 0.2) is 54.6 Å². The van der Waals surface area contributed by atoms with Crippen molar-refractivity contribution in [3.8, 4) is 5.75 Å². The van der Waals surface area contributed by atoms with Gasteiger partial charge in [0.05, 0.1) is 18.7 Å². The van der Waals surface area contributed by atoms with E-state index in [2.05, 4.69) is 20.8 Å². The first-order chi connectivity index (χ1) is 10.5. The summed E-state index contributed by atoms with van der Waals surface area (Å²) in [6.07, 6.45) is 0. The van der Waals surface area contributed by atoms with E-state index in [4.69, 9.17) is 4.74 Å². The van der Waals surface area contributed by atoms with Crippen LogP contribution in [-0.2, 0) is 0 Å². The van der Waals surface area contributed by atoms with Gasteiger partial charge < -0.3 is 4.74 Å². The first-order valence-corrected chi connectivity index (χ1v) is 7.65. The van der Waals surface area contributed by atoms with Crippen LogP contribution in [0, 0.1) is 0 Å². The Morgan fingerprint density at radius 2 is 1.55 bits per heavy atom. The van der Waals surface area contributed by atoms with Gasteiger partial charge in [0, 0.05) is 5.56 Å². The molecule has 116 valence electrons. The van der Waals surface area contributed by atoms with Gasteiger partial charge in [0.25, 0.3) is 0 Å². The molecular weight excluding hydrogens is 274 g/mol. The second kappa shape index (κ2) is 7.23. The highest BCUT2D eigenvalue weighted by atomic mass is 16.5. The molecule has 2 rings (SSSR count). The maximum atomic E-state index is 12.9. The second-order valence-corrected chi connectivity index (χ2v) is 5.80. The molecule has 0 aliphatic rings. The molecule has 0 aromatic heterocycles. The molecule has 0 bridgehead atoms. The van der Waals surface area contributed by atoms with Crippen molar-refractivity contribution in [2.45, 2.75) is 32.9 Å². The van der Waals surface area contributed by atoms with E-state index in [1.165, 1.54) is 0 Å². The van der Waals surface area contributed by atoms with Gasteiger partial charge in [0.2, 0.25) is 0 Å². The summed E-state index contributed by atoms with van der Waals surface area (Å²) in [6, 6.07) is 17.7. The van der Waals surface area contributed by atoms with Crippen LogP contribution in [0.25, 0.3) is 0 Å². The lowest BCUT2D eigenvalue weighted by Gasteiger charge is -2.27. The lowest BCUT2D eigenvalue weighted by molar-refractivity contribution is -0.869. The summed E-state index contributed by atoms with van der Waals surface area (Å²) >= 11 is 0. The van der Waals surface area contributed by atoms with Crippen molar-refractivity contribution >= 4 is 5.91 Å². The van der Waals surface area contributed by atoms with Gasteiger partial charge in [0.15, 0.2) is 0 Å². The first-order valence-electron chi connectivity index (χ1n) is 7.65. The quantitative estimate of drug-likeness (QED) is 0.920. The molecule has 1 amide bonds. The van der Waals surface area contributed by atoms with Crippen LogP contribution in [0.5, 0.6) is 5.75 Å². The van der Waals surface area contributed by atoms with E-state index < -0.39 is 0 Å². The molecule has 0 aliphatic carbocycles. The standard InChI is InChI=1S/C19H23NO2/c1-14(2)20(19(21)17-8-6-5-7-9-17)15(3)16-10-12-18(22-4)13-11-16/h5-15H,1-4H3/p+1. The van der Waals surface area contributed by atoms with E-state index >= 15 is 0 Å². The van der Waals surface area contributed by atoms with Crippen molar-refractivity contribution in [1.82, 2.24) is 0 Å². The maximum absolute atomic E-state index is 12.9. The molecule has 0 spiro atoms. The van der Waals surface area contributed by atoms with Crippen molar-refractivity contribution in [1.29, 1.82) is 0 Å². The van der Waals surface area contributed by atoms with Crippen molar-refractivity contribution in [3.63, 3.8) is 0 Å². The van der Waals surface area contributed by atoms with Gasteiger partial charge in [-0.1, -0.05) is 18.2 Å². The summed E-state index contributed by atoms with van der Waals surface area (Å²) in [4.78, 5) is 13.8. The molecule has 0 heterocycles. The maximum Gasteiger partial charge on any atom is 0.344 e. The highest BCUT2D eigenvalue weighted by Crippen LogP contribution is 2.16. The predicted octanol–water partition coefficient (Wildman–Crippen LogP) is 2.89. The molecule has 0 radical (unpaired) electrons. The zero-order valence-corrected chi connectivity index (χ0v) is 13.7. The number of hydrogen-bond acceptors (Lipinski definition) is 2. The van der Waals surface area contributed by atoms with Crippen LogP contribution < -0.4 is 9.64 Å². The van der Waals surface area contributed by atoms with E-state index in [1.54, 1.807) is 7.11 Å². The molecule has 2 atom stereocenters. The van der Waals surface area contributed by atoms with Crippen LogP contribution in [0.2, 0.25) is 0 Å². The minimum atomic E-state index is 0.0820. The predicted molar refractivity (Wildman–Crippen MR) is 88.3 cm³/mol. The van der Waals surface area contributed by atoms with Gasteiger partial charge >= 0.3 is 5.91 Å². The van der Waals surface area contributed by atoms with Gasteiger partial charge in [-0.05, 0) is 57.2 Å². The summed E-state index contributed by atoms with van der Waals surface area (Å²) in [5.41, 5.74) is 1.89. The summed E-state index contributed by atoms with van der Waals surface area (Å²) in [5.74, 6) is 0.968. The Hall–Kier alpha value is -2.13. The van der Waals surface area contributed by atoms with E-state index in [9.17, 15) is 4.79 Å². The molecule has 3 nitrogen and oxygen atoms in total. The zero-order chi connectivity index (χ0) is 16.1. The highest BCUT2D eigenvalue weighted by molar-refractivity contribution is 5.87. The van der Waals surface area contributed by atoms with Gasteiger partial charge in [-0.25, -0.2) is 4.79 Å². The summed E-state index contributed by atoms with van der Waals surface area (Å²) < 4.78 is 5.20. The third-order valence-corrected chi connectivity index (χ3v) is 4.00. The molecular formula is C19H24NO2+. The topological polar surface area (TPSA) is 30.7 Å². The number of nitrogens with one attached hydrogen (secondary N) is 1. The lowest BCUT2D eigenvalue weighted by Crippen LogP contribution is -3.17. The Labute approximate surface area is 132 Å². The number of hydrogen-bond donors (Lipinski definition) is 1. The van der Waals surface area contributed by atoms with E-state index in [0.717, 1.165) is 21.8 Å². The number of carbonyl (C=O) groups is 1. The Morgan fingerprint density at radius 1 is 0.955 bits per heavy atom. The Bertz CT molecular complexity index is 605. The van der Waals surface area contributed by atoms with Crippen molar-refractivity contribution in [2.24, 2.45) is 0 Å². The number of carbonyl (C=O) groups excluding carboxylic acids is 1. The lowest BCUT2D eigenvalue weighted by atomic mass is 10.0. The van der Waals surface area contributed by atoms with E-state index in [1.807, 2.05) is 54.6 Å². The van der Waals surface area contributed by atoms with Crippen LogP contribution in [-0.4, -0.2) is 19.1 Å². The van der Waals surface area contributed by atoms with Crippen LogP contribution >= 0.6 is 0 Å². The van der Waals surface area contributed by atoms with Crippen molar-refractivity contribution in [3.05, 3.63) is 65.7 Å². The largest absolute Gasteiger partial charge is 0.497 e. The second-order valence-electron chi connectivity index (χ2n) is 5.80. The number of ether oxygens (including phenoxy) is 1. The number of rotatable bonds is 5. The fourth-order valence-corrected chi connectivity index (χ4v) is 2.79. The Morgan fingerprint density at radius 3 is 2.05 bits per heavy atom. The molecule has 0 aliphatic heterocycles. The van der Waals surface area contributed by atoms with Crippen molar-refractivity contribution < 1.29 is 14.4 Å². The molecule has 2 aromatic rings. The van der Waals surface area contributed by atoms with Gasteiger partial charge in [0.1, 0.15) is 11.8 Å². The van der Waals surface area contributed by atoms with Gasteiger partial charge in [-0.15, -0.1) is 0 Å². The fraction of sp³-hybridized carbons (Fsp3) is 0.316. The SMILES string of the molecule is COc1ccc(C(C)[NH+](C(=O)c2ccccc2)C(C)C)cc1. The Kier molecular flexibility index (Phi) is 5.34. The molecule has 3 heteroatoms. The van der Waals surface area contributed by atoms with E-state index in [0.29, 0.717) is 0 Å². The molecule has 0 fully saturated rings. The average Bonchev–Trinajstić information content (AvgIpc) is 2.55. The average molecular weight is 298 g/mol. The fourth-order valence-electron chi connectivity index (χ4n) is 2.79. The number of benzene rings is 2. The third kappa shape index (κ3) is 3.55. The number of amides is 1. The summed E-state index contributed by atoms with van der Waals surface area (Å²) in [5, 5.41) is 0. The van der Waals surface area contributed by atoms with E-state index in [-0.39, 0.29) is 18.0 Å². The van der Waals surface area contributed by atoms with Gasteiger partial charge in [-0.3, -0.25) is 4.90 Å². The zero-order valence-electron chi connectivity index (χ0n) is 13.7. The smallest absolute Gasteiger partial charge is 0.344 e. The first kappa shape index (κ1) is 16.2. The molecule has 1 N–H and O–H groups in total. The molecule has 2 unspecified atom stereocenters. The molecule has 0 saturated carbocycles. The monoisotopic (exact) mass is 298 g/mol. The van der Waals surface area contributed by atoms with Crippen LogP contribution in [0.1, 0.15) is 42.7 Å². The van der Waals surface area contributed by atoms with Gasteiger partial charge in [-0.2, -0.15) is 0 Å².